The summed E-state index contributed by atoms with van der Waals surface area (Å²) < 4.78 is 0. The van der Waals surface area contributed by atoms with E-state index < -0.39 is 0 Å². The van der Waals surface area contributed by atoms with Crippen LogP contribution in [-0.4, -0.2) is 10.1 Å². The number of phenols is 1. The highest BCUT2D eigenvalue weighted by atomic mass is 32.1. The van der Waals surface area contributed by atoms with Gasteiger partial charge in [-0.05, 0) is 24.3 Å². The number of hydrogen-bond acceptors (Lipinski definition) is 4. The van der Waals surface area contributed by atoms with E-state index >= 15 is 0 Å². The highest BCUT2D eigenvalue weighted by Crippen LogP contribution is 2.15. The molecule has 0 amide bonds. The van der Waals surface area contributed by atoms with Gasteiger partial charge in [-0.15, -0.1) is 11.3 Å². The van der Waals surface area contributed by atoms with Gasteiger partial charge < -0.3 is 10.4 Å². The molecule has 2 aromatic rings. The Morgan fingerprint density at radius 2 is 2.07 bits per heavy atom. The number of thiazole rings is 1. The average molecular weight is 206 g/mol. The quantitative estimate of drug-likeness (QED) is 0.758. The lowest BCUT2D eigenvalue weighted by atomic mass is 10.3. The van der Waals surface area contributed by atoms with Crippen molar-refractivity contribution in [1.29, 1.82) is 0 Å². The van der Waals surface area contributed by atoms with Crippen LogP contribution in [0.15, 0.2) is 35.8 Å². The molecule has 0 unspecified atom stereocenters. The van der Waals surface area contributed by atoms with Crippen molar-refractivity contribution in [2.75, 3.05) is 5.32 Å². The van der Waals surface area contributed by atoms with Crippen molar-refractivity contribution in [3.05, 3.63) is 40.8 Å². The Hall–Kier alpha value is -1.55. The molecule has 0 spiro atoms. The minimum absolute atomic E-state index is 0.282. The van der Waals surface area contributed by atoms with E-state index in [1.54, 1.807) is 29.7 Å². The smallest absolute Gasteiger partial charge is 0.115 e. The summed E-state index contributed by atoms with van der Waals surface area (Å²) in [4.78, 5) is 4.16. The number of aromatic hydroxyl groups is 1. The Bertz CT molecular complexity index is 383. The van der Waals surface area contributed by atoms with Crippen LogP contribution >= 0.6 is 11.3 Å². The van der Waals surface area contributed by atoms with Crippen molar-refractivity contribution in [3.63, 3.8) is 0 Å². The van der Waals surface area contributed by atoms with Gasteiger partial charge in [0.2, 0.25) is 0 Å². The molecule has 0 aliphatic carbocycles. The Kier molecular flexibility index (Phi) is 2.65. The number of benzene rings is 1. The van der Waals surface area contributed by atoms with E-state index in [1.807, 2.05) is 17.5 Å². The van der Waals surface area contributed by atoms with Gasteiger partial charge in [0, 0.05) is 17.3 Å². The fourth-order valence-electron chi connectivity index (χ4n) is 1.10. The van der Waals surface area contributed by atoms with E-state index in [9.17, 15) is 0 Å². The Morgan fingerprint density at radius 3 is 2.71 bits per heavy atom. The van der Waals surface area contributed by atoms with E-state index in [0.29, 0.717) is 0 Å². The SMILES string of the molecule is Oc1ccc(NCc2nccs2)cc1. The number of hydrogen-bond donors (Lipinski definition) is 2. The first-order valence-corrected chi connectivity index (χ1v) is 5.14. The number of rotatable bonds is 3. The zero-order valence-electron chi connectivity index (χ0n) is 7.47. The first kappa shape index (κ1) is 9.02. The normalized spacial score (nSPS) is 10.0. The number of phenolic OH excluding ortho intramolecular Hbond substituents is 1. The van der Waals surface area contributed by atoms with Crippen molar-refractivity contribution in [2.45, 2.75) is 6.54 Å². The molecule has 0 aliphatic heterocycles. The van der Waals surface area contributed by atoms with Crippen LogP contribution in [0.25, 0.3) is 0 Å². The van der Waals surface area contributed by atoms with E-state index in [0.717, 1.165) is 17.2 Å². The number of aromatic nitrogens is 1. The molecular weight excluding hydrogens is 196 g/mol. The summed E-state index contributed by atoms with van der Waals surface area (Å²) in [6.07, 6.45) is 1.79. The zero-order chi connectivity index (χ0) is 9.80. The van der Waals surface area contributed by atoms with Gasteiger partial charge in [-0.2, -0.15) is 0 Å². The third-order valence-electron chi connectivity index (χ3n) is 1.79. The molecule has 72 valence electrons. The lowest BCUT2D eigenvalue weighted by Crippen LogP contribution is -1.97. The van der Waals surface area contributed by atoms with Crippen LogP contribution in [0.4, 0.5) is 5.69 Å². The lowest BCUT2D eigenvalue weighted by Gasteiger charge is -2.03. The third kappa shape index (κ3) is 2.23. The van der Waals surface area contributed by atoms with Crippen LogP contribution in [0.2, 0.25) is 0 Å². The van der Waals surface area contributed by atoms with Crippen molar-refractivity contribution in [1.82, 2.24) is 4.98 Å². The first-order chi connectivity index (χ1) is 6.84. The molecule has 14 heavy (non-hydrogen) atoms. The predicted octanol–water partition coefficient (Wildman–Crippen LogP) is 2.46. The van der Waals surface area contributed by atoms with E-state index in [4.69, 9.17) is 5.11 Å². The van der Waals surface area contributed by atoms with E-state index in [-0.39, 0.29) is 5.75 Å². The van der Waals surface area contributed by atoms with E-state index in [1.165, 1.54) is 0 Å². The molecule has 0 atom stereocenters. The van der Waals surface area contributed by atoms with Gasteiger partial charge in [-0.1, -0.05) is 0 Å². The predicted molar refractivity (Wildman–Crippen MR) is 57.5 cm³/mol. The molecule has 0 saturated heterocycles. The van der Waals surface area contributed by atoms with Crippen LogP contribution < -0.4 is 5.32 Å². The molecule has 0 radical (unpaired) electrons. The molecule has 2 rings (SSSR count). The Labute approximate surface area is 86.1 Å². The van der Waals surface area contributed by atoms with Gasteiger partial charge in [0.05, 0.1) is 6.54 Å². The number of nitrogens with one attached hydrogen (secondary N) is 1. The molecule has 0 saturated carbocycles. The van der Waals surface area contributed by atoms with Crippen LogP contribution in [0.5, 0.6) is 5.75 Å². The fraction of sp³-hybridized carbons (Fsp3) is 0.100. The number of nitrogens with zero attached hydrogens (tertiary/aromatic N) is 1. The molecule has 0 bridgehead atoms. The monoisotopic (exact) mass is 206 g/mol. The molecule has 0 aliphatic rings. The summed E-state index contributed by atoms with van der Waals surface area (Å²) in [6, 6.07) is 6.99. The molecule has 2 N–H and O–H groups in total. The van der Waals surface area contributed by atoms with Crippen molar-refractivity contribution >= 4 is 17.0 Å². The highest BCUT2D eigenvalue weighted by Gasteiger charge is 1.95. The topological polar surface area (TPSA) is 45.1 Å². The average Bonchev–Trinajstić information content (AvgIpc) is 2.70. The molecular formula is C10H10N2OS. The van der Waals surface area contributed by atoms with Crippen molar-refractivity contribution in [2.24, 2.45) is 0 Å². The maximum Gasteiger partial charge on any atom is 0.115 e. The molecule has 0 fully saturated rings. The van der Waals surface area contributed by atoms with Crippen molar-refractivity contribution in [3.8, 4) is 5.75 Å². The standard InChI is InChI=1S/C10H10N2OS/c13-9-3-1-8(2-4-9)12-7-10-11-5-6-14-10/h1-6,12-13H,7H2. The maximum atomic E-state index is 9.07. The summed E-state index contributed by atoms with van der Waals surface area (Å²) in [5.74, 6) is 0.282. The third-order valence-corrected chi connectivity index (χ3v) is 2.57. The second-order valence-corrected chi connectivity index (χ2v) is 3.81. The van der Waals surface area contributed by atoms with Gasteiger partial charge in [0.15, 0.2) is 0 Å². The summed E-state index contributed by atoms with van der Waals surface area (Å²) >= 11 is 1.62. The van der Waals surface area contributed by atoms with Crippen LogP contribution in [0.3, 0.4) is 0 Å². The lowest BCUT2D eigenvalue weighted by molar-refractivity contribution is 0.475. The van der Waals surface area contributed by atoms with Gasteiger partial charge in [-0.3, -0.25) is 0 Å². The first-order valence-electron chi connectivity index (χ1n) is 4.26. The largest absolute Gasteiger partial charge is 0.508 e. The zero-order valence-corrected chi connectivity index (χ0v) is 8.29. The minimum atomic E-state index is 0.282. The van der Waals surface area contributed by atoms with Crippen LogP contribution in [0, 0.1) is 0 Å². The maximum absolute atomic E-state index is 9.07. The van der Waals surface area contributed by atoms with Crippen LogP contribution in [-0.2, 0) is 6.54 Å². The summed E-state index contributed by atoms with van der Waals surface area (Å²) in [7, 11) is 0. The highest BCUT2D eigenvalue weighted by molar-refractivity contribution is 7.09. The fourth-order valence-corrected chi connectivity index (χ4v) is 1.65. The Balaban J connectivity index is 1.95. The van der Waals surface area contributed by atoms with Gasteiger partial charge in [-0.25, -0.2) is 4.98 Å². The van der Waals surface area contributed by atoms with Gasteiger partial charge in [0.1, 0.15) is 10.8 Å². The van der Waals surface area contributed by atoms with Gasteiger partial charge >= 0.3 is 0 Å². The Morgan fingerprint density at radius 1 is 1.29 bits per heavy atom. The van der Waals surface area contributed by atoms with Crippen molar-refractivity contribution < 1.29 is 5.11 Å². The molecule has 1 heterocycles. The summed E-state index contributed by atoms with van der Waals surface area (Å²) in [5.41, 5.74) is 0.984. The molecule has 4 heteroatoms. The second-order valence-electron chi connectivity index (χ2n) is 2.83. The number of anilines is 1. The second kappa shape index (κ2) is 4.11. The molecule has 1 aromatic carbocycles. The molecule has 3 nitrogen and oxygen atoms in total. The minimum Gasteiger partial charge on any atom is -0.508 e. The molecule has 1 aromatic heterocycles. The summed E-state index contributed by atoms with van der Waals surface area (Å²) in [6.45, 7) is 0.725. The van der Waals surface area contributed by atoms with Gasteiger partial charge in [0.25, 0.3) is 0 Å². The summed E-state index contributed by atoms with van der Waals surface area (Å²) in [5, 5.41) is 15.3. The van der Waals surface area contributed by atoms with E-state index in [2.05, 4.69) is 10.3 Å². The van der Waals surface area contributed by atoms with Crippen LogP contribution in [0.1, 0.15) is 5.01 Å².